The number of hydrogen-bond donors (Lipinski definition) is 1. The van der Waals surface area contributed by atoms with Crippen molar-refractivity contribution < 1.29 is 19.4 Å². The molecule has 0 aliphatic carbocycles. The minimum Gasteiger partial charge on any atom is -0.479 e. The van der Waals surface area contributed by atoms with Gasteiger partial charge >= 0.3 is 5.97 Å². The summed E-state index contributed by atoms with van der Waals surface area (Å²) in [5.41, 5.74) is 0. The lowest BCUT2D eigenvalue weighted by Gasteiger charge is -2.08. The summed E-state index contributed by atoms with van der Waals surface area (Å²) in [5.74, 6) is -1.11. The molecule has 1 radical (unpaired) electrons. The molecule has 0 saturated heterocycles. The number of rotatable bonds is 6. The molecule has 1 unspecified atom stereocenters. The van der Waals surface area contributed by atoms with Gasteiger partial charge in [0.15, 0.2) is 6.10 Å². The van der Waals surface area contributed by atoms with Crippen molar-refractivity contribution in [1.29, 1.82) is 0 Å². The summed E-state index contributed by atoms with van der Waals surface area (Å²) in [5, 5.41) is 8.43. The number of carboxylic acids is 1. The molecule has 0 fully saturated rings. The fourth-order valence-corrected chi connectivity index (χ4v) is 0.647. The fraction of sp³-hybridized carbons (Fsp3) is 0.571. The van der Waals surface area contributed by atoms with E-state index in [9.17, 15) is 9.59 Å². The molecule has 0 aliphatic heterocycles. The first kappa shape index (κ1) is 9.94. The molecule has 4 nitrogen and oxygen atoms in total. The Kier molecular flexibility index (Phi) is 5.15. The minimum atomic E-state index is -1.11. The van der Waals surface area contributed by atoms with E-state index in [0.29, 0.717) is 19.3 Å². The maximum atomic E-state index is 10.3. The van der Waals surface area contributed by atoms with Crippen LogP contribution in [0.15, 0.2) is 0 Å². The summed E-state index contributed by atoms with van der Waals surface area (Å²) in [6, 6.07) is 0. The molecule has 1 atom stereocenters. The fourth-order valence-electron chi connectivity index (χ4n) is 0.647. The highest BCUT2D eigenvalue weighted by Crippen LogP contribution is 2.03. The number of carboxylic acid groups (broad SMARTS) is 1. The molecule has 4 heteroatoms. The van der Waals surface area contributed by atoms with E-state index in [0.717, 1.165) is 0 Å². The molecule has 1 N–H and O–H groups in total. The Labute approximate surface area is 65.2 Å². The van der Waals surface area contributed by atoms with E-state index in [1.54, 1.807) is 0 Å². The molecule has 0 saturated carbocycles. The van der Waals surface area contributed by atoms with Crippen LogP contribution in [0, 0.1) is 6.92 Å². The third kappa shape index (κ3) is 4.36. The number of carbonyl (C=O) groups excluding carboxylic acids is 1. The molecular formula is C7H11O4. The average molecular weight is 159 g/mol. The van der Waals surface area contributed by atoms with Gasteiger partial charge in [-0.25, -0.2) is 4.79 Å². The van der Waals surface area contributed by atoms with E-state index in [4.69, 9.17) is 5.11 Å². The van der Waals surface area contributed by atoms with Crippen molar-refractivity contribution in [3.05, 3.63) is 6.92 Å². The van der Waals surface area contributed by atoms with Crippen LogP contribution in [0.25, 0.3) is 0 Å². The van der Waals surface area contributed by atoms with E-state index in [2.05, 4.69) is 11.7 Å². The second-order valence-corrected chi connectivity index (χ2v) is 2.05. The highest BCUT2D eigenvalue weighted by molar-refractivity contribution is 5.73. The Balaban J connectivity index is 3.69. The highest BCUT2D eigenvalue weighted by atomic mass is 16.5. The zero-order valence-electron chi connectivity index (χ0n) is 6.16. The van der Waals surface area contributed by atoms with Gasteiger partial charge in [-0.1, -0.05) is 13.3 Å². The monoisotopic (exact) mass is 159 g/mol. The van der Waals surface area contributed by atoms with Crippen molar-refractivity contribution in [2.24, 2.45) is 0 Å². The van der Waals surface area contributed by atoms with Gasteiger partial charge in [-0.3, -0.25) is 4.79 Å². The summed E-state index contributed by atoms with van der Waals surface area (Å²) < 4.78 is 4.30. The first-order chi connectivity index (χ1) is 5.22. The quantitative estimate of drug-likeness (QED) is 0.577. The van der Waals surface area contributed by atoms with Crippen LogP contribution in [0.5, 0.6) is 0 Å². The zero-order valence-corrected chi connectivity index (χ0v) is 6.16. The Morgan fingerprint density at radius 3 is 2.73 bits per heavy atom. The van der Waals surface area contributed by atoms with Gasteiger partial charge in [0.2, 0.25) is 0 Å². The molecular weight excluding hydrogens is 148 g/mol. The van der Waals surface area contributed by atoms with E-state index >= 15 is 0 Å². The Hall–Kier alpha value is -1.06. The molecule has 0 aliphatic rings. The lowest BCUT2D eigenvalue weighted by molar-refractivity contribution is -0.156. The van der Waals surface area contributed by atoms with E-state index in [-0.39, 0.29) is 6.47 Å². The second-order valence-electron chi connectivity index (χ2n) is 2.05. The largest absolute Gasteiger partial charge is 0.479 e. The first-order valence-corrected chi connectivity index (χ1v) is 3.33. The van der Waals surface area contributed by atoms with Gasteiger partial charge in [0.25, 0.3) is 6.47 Å². The second kappa shape index (κ2) is 5.70. The third-order valence-corrected chi connectivity index (χ3v) is 1.21. The number of unbranched alkanes of at least 4 members (excludes halogenated alkanes) is 1. The minimum absolute atomic E-state index is 0.155. The molecule has 0 aromatic rings. The van der Waals surface area contributed by atoms with Crippen LogP contribution in [0.4, 0.5) is 0 Å². The predicted octanol–water partition coefficient (Wildman–Crippen LogP) is 0.617. The molecule has 0 aromatic heterocycles. The van der Waals surface area contributed by atoms with Crippen LogP contribution in [-0.4, -0.2) is 23.7 Å². The van der Waals surface area contributed by atoms with E-state index < -0.39 is 12.1 Å². The van der Waals surface area contributed by atoms with E-state index in [1.807, 2.05) is 0 Å². The maximum Gasteiger partial charge on any atom is 0.345 e. The van der Waals surface area contributed by atoms with Crippen molar-refractivity contribution in [3.63, 3.8) is 0 Å². The first-order valence-electron chi connectivity index (χ1n) is 3.33. The van der Waals surface area contributed by atoms with Crippen LogP contribution < -0.4 is 0 Å². The van der Waals surface area contributed by atoms with Crippen molar-refractivity contribution >= 4 is 12.4 Å². The lowest BCUT2D eigenvalue weighted by atomic mass is 10.2. The summed E-state index contributed by atoms with van der Waals surface area (Å²) >= 11 is 0. The van der Waals surface area contributed by atoms with Crippen molar-refractivity contribution in [2.45, 2.75) is 25.4 Å². The number of carbonyl (C=O) groups is 2. The normalized spacial score (nSPS) is 12.1. The Bertz CT molecular complexity index is 132. The van der Waals surface area contributed by atoms with Gasteiger partial charge in [-0.2, -0.15) is 0 Å². The molecule has 0 rings (SSSR count). The molecule has 11 heavy (non-hydrogen) atoms. The number of aliphatic carboxylic acids is 1. The molecule has 0 spiro atoms. The standard InChI is InChI=1S/C7H11O4/c1-2-3-4-6(7(9)10)11-5-8/h5-6H,1-4H2,(H,9,10). The Morgan fingerprint density at radius 2 is 2.36 bits per heavy atom. The van der Waals surface area contributed by atoms with Crippen LogP contribution in [-0.2, 0) is 14.3 Å². The number of hydrogen-bond acceptors (Lipinski definition) is 3. The molecule has 0 aromatic carbocycles. The van der Waals surface area contributed by atoms with Crippen LogP contribution in [0.2, 0.25) is 0 Å². The van der Waals surface area contributed by atoms with Gasteiger partial charge < -0.3 is 9.84 Å². The van der Waals surface area contributed by atoms with Crippen LogP contribution >= 0.6 is 0 Å². The lowest BCUT2D eigenvalue weighted by Crippen LogP contribution is -2.23. The molecule has 0 heterocycles. The summed E-state index contributed by atoms with van der Waals surface area (Å²) in [6.07, 6.45) is 0.614. The summed E-state index contributed by atoms with van der Waals surface area (Å²) in [7, 11) is 0. The van der Waals surface area contributed by atoms with Crippen molar-refractivity contribution in [2.75, 3.05) is 0 Å². The summed E-state index contributed by atoms with van der Waals surface area (Å²) in [4.78, 5) is 20.1. The highest BCUT2D eigenvalue weighted by Gasteiger charge is 2.16. The van der Waals surface area contributed by atoms with Crippen LogP contribution in [0.3, 0.4) is 0 Å². The average Bonchev–Trinajstić information content (AvgIpc) is 1.97. The third-order valence-electron chi connectivity index (χ3n) is 1.21. The van der Waals surface area contributed by atoms with Crippen molar-refractivity contribution in [3.8, 4) is 0 Å². The smallest absolute Gasteiger partial charge is 0.345 e. The number of ether oxygens (including phenoxy) is 1. The van der Waals surface area contributed by atoms with Gasteiger partial charge in [0, 0.05) is 0 Å². The van der Waals surface area contributed by atoms with E-state index in [1.165, 1.54) is 0 Å². The molecule has 63 valence electrons. The van der Waals surface area contributed by atoms with Gasteiger partial charge in [-0.05, 0) is 12.8 Å². The Morgan fingerprint density at radius 1 is 1.73 bits per heavy atom. The van der Waals surface area contributed by atoms with Crippen molar-refractivity contribution in [1.82, 2.24) is 0 Å². The van der Waals surface area contributed by atoms with Gasteiger partial charge in [-0.15, -0.1) is 0 Å². The summed E-state index contributed by atoms with van der Waals surface area (Å²) in [6.45, 7) is 3.69. The predicted molar refractivity (Wildman–Crippen MR) is 37.8 cm³/mol. The van der Waals surface area contributed by atoms with Gasteiger partial charge in [0.1, 0.15) is 0 Å². The van der Waals surface area contributed by atoms with Gasteiger partial charge in [0.05, 0.1) is 0 Å². The topological polar surface area (TPSA) is 63.6 Å². The molecule has 0 amide bonds. The molecule has 0 bridgehead atoms. The SMILES string of the molecule is [CH2]CCCC(OC=O)C(=O)O. The maximum absolute atomic E-state index is 10.3. The van der Waals surface area contributed by atoms with Crippen LogP contribution in [0.1, 0.15) is 19.3 Å². The zero-order chi connectivity index (χ0) is 8.69.